The number of pyridine rings is 2. The molecule has 200 valence electrons. The van der Waals surface area contributed by atoms with Gasteiger partial charge in [0, 0.05) is 28.7 Å². The molecule has 9 aromatic rings. The van der Waals surface area contributed by atoms with Gasteiger partial charge in [0.2, 0.25) is 0 Å². The standard InChI is InChI=1S/C40H24N2O/c1-2-10-26-23-38-34(21-25(26)9-1)33-22-27(17-19-37(33)43-38)39-29-11-3-5-13-31(29)40(32-14-6-4-12-30(32)39)28-16-18-36(42-24-28)35-15-7-8-20-41-35/h1-24H. The molecule has 3 aromatic heterocycles. The van der Waals surface area contributed by atoms with Crippen LogP contribution in [0.3, 0.4) is 0 Å². The number of rotatable bonds is 3. The van der Waals surface area contributed by atoms with E-state index in [2.05, 4.69) is 120 Å². The Hall–Kier alpha value is -5.80. The Morgan fingerprint density at radius 1 is 0.395 bits per heavy atom. The topological polar surface area (TPSA) is 38.9 Å². The third-order valence-electron chi connectivity index (χ3n) is 8.54. The molecule has 0 aliphatic heterocycles. The molecule has 9 rings (SSSR count). The van der Waals surface area contributed by atoms with Crippen molar-refractivity contribution >= 4 is 54.3 Å². The average Bonchev–Trinajstić information content (AvgIpc) is 3.43. The second-order valence-electron chi connectivity index (χ2n) is 11.0. The van der Waals surface area contributed by atoms with Crippen LogP contribution in [0, 0.1) is 0 Å². The molecule has 0 N–H and O–H groups in total. The molecule has 0 aliphatic rings. The van der Waals surface area contributed by atoms with E-state index >= 15 is 0 Å². The first kappa shape index (κ1) is 23.9. The van der Waals surface area contributed by atoms with Crippen molar-refractivity contribution in [3.8, 4) is 33.6 Å². The number of furan rings is 1. The highest BCUT2D eigenvalue weighted by molar-refractivity contribution is 6.22. The molecule has 3 heterocycles. The highest BCUT2D eigenvalue weighted by Crippen LogP contribution is 2.45. The van der Waals surface area contributed by atoms with Crippen LogP contribution in [0.25, 0.3) is 87.9 Å². The fraction of sp³-hybridized carbons (Fsp3) is 0. The smallest absolute Gasteiger partial charge is 0.136 e. The Balaban J connectivity index is 1.29. The molecule has 0 spiro atoms. The Kier molecular flexibility index (Phi) is 5.20. The monoisotopic (exact) mass is 548 g/mol. The predicted molar refractivity (Wildman–Crippen MR) is 178 cm³/mol. The van der Waals surface area contributed by atoms with E-state index in [0.717, 1.165) is 38.9 Å². The van der Waals surface area contributed by atoms with Gasteiger partial charge in [-0.05, 0) is 91.5 Å². The van der Waals surface area contributed by atoms with E-state index in [4.69, 9.17) is 9.40 Å². The second kappa shape index (κ2) is 9.37. The van der Waals surface area contributed by atoms with Crippen LogP contribution < -0.4 is 0 Å². The van der Waals surface area contributed by atoms with E-state index < -0.39 is 0 Å². The molecule has 0 saturated heterocycles. The van der Waals surface area contributed by atoms with Gasteiger partial charge in [-0.3, -0.25) is 9.97 Å². The third-order valence-corrected chi connectivity index (χ3v) is 8.54. The Labute approximate surface area is 247 Å². The minimum atomic E-state index is 0.864. The van der Waals surface area contributed by atoms with Crippen molar-refractivity contribution in [2.24, 2.45) is 0 Å². The second-order valence-corrected chi connectivity index (χ2v) is 11.0. The van der Waals surface area contributed by atoms with Crippen molar-refractivity contribution in [3.05, 3.63) is 146 Å². The Bertz CT molecular complexity index is 2440. The maximum Gasteiger partial charge on any atom is 0.136 e. The summed E-state index contributed by atoms with van der Waals surface area (Å²) in [6.45, 7) is 0. The lowest BCUT2D eigenvalue weighted by Gasteiger charge is -2.17. The lowest BCUT2D eigenvalue weighted by Crippen LogP contribution is -1.92. The molecule has 0 bridgehead atoms. The summed E-state index contributed by atoms with van der Waals surface area (Å²) in [5.74, 6) is 0. The lowest BCUT2D eigenvalue weighted by molar-refractivity contribution is 0.669. The summed E-state index contributed by atoms with van der Waals surface area (Å²) in [6, 6.07) is 47.0. The largest absolute Gasteiger partial charge is 0.456 e. The minimum Gasteiger partial charge on any atom is -0.456 e. The molecule has 6 aromatic carbocycles. The molecule has 0 radical (unpaired) electrons. The molecular weight excluding hydrogens is 524 g/mol. The van der Waals surface area contributed by atoms with E-state index in [9.17, 15) is 0 Å². The van der Waals surface area contributed by atoms with E-state index in [1.165, 1.54) is 49.0 Å². The lowest BCUT2D eigenvalue weighted by atomic mass is 9.86. The quantitative estimate of drug-likeness (QED) is 0.206. The highest BCUT2D eigenvalue weighted by atomic mass is 16.3. The van der Waals surface area contributed by atoms with Gasteiger partial charge in [0.25, 0.3) is 0 Å². The van der Waals surface area contributed by atoms with Gasteiger partial charge in [0.05, 0.1) is 11.4 Å². The van der Waals surface area contributed by atoms with Crippen molar-refractivity contribution in [3.63, 3.8) is 0 Å². The molecule has 3 heteroatoms. The highest BCUT2D eigenvalue weighted by Gasteiger charge is 2.18. The van der Waals surface area contributed by atoms with Crippen LogP contribution in [-0.4, -0.2) is 9.97 Å². The number of fused-ring (bicyclic) bond motifs is 6. The maximum absolute atomic E-state index is 6.33. The summed E-state index contributed by atoms with van der Waals surface area (Å²) in [5, 5.41) is 9.49. The summed E-state index contributed by atoms with van der Waals surface area (Å²) >= 11 is 0. The van der Waals surface area contributed by atoms with Crippen LogP contribution in [-0.2, 0) is 0 Å². The molecule has 0 amide bonds. The number of hydrogen-bond acceptors (Lipinski definition) is 3. The molecule has 0 unspecified atom stereocenters. The van der Waals surface area contributed by atoms with E-state index in [1.54, 1.807) is 6.20 Å². The first-order valence-corrected chi connectivity index (χ1v) is 14.5. The zero-order valence-electron chi connectivity index (χ0n) is 23.2. The number of nitrogens with zero attached hydrogens (tertiary/aromatic N) is 2. The van der Waals surface area contributed by atoms with Crippen molar-refractivity contribution in [1.82, 2.24) is 9.97 Å². The first-order chi connectivity index (χ1) is 21.3. The zero-order valence-corrected chi connectivity index (χ0v) is 23.2. The fourth-order valence-electron chi connectivity index (χ4n) is 6.58. The van der Waals surface area contributed by atoms with Crippen LogP contribution in [0.4, 0.5) is 0 Å². The Morgan fingerprint density at radius 2 is 0.977 bits per heavy atom. The van der Waals surface area contributed by atoms with Crippen LogP contribution in [0.5, 0.6) is 0 Å². The van der Waals surface area contributed by atoms with Gasteiger partial charge < -0.3 is 4.42 Å². The molecule has 3 nitrogen and oxygen atoms in total. The predicted octanol–water partition coefficient (Wildman–Crippen LogP) is 10.8. The van der Waals surface area contributed by atoms with Crippen molar-refractivity contribution in [2.45, 2.75) is 0 Å². The number of hydrogen-bond donors (Lipinski definition) is 0. The van der Waals surface area contributed by atoms with Crippen LogP contribution in [0.15, 0.2) is 150 Å². The summed E-state index contributed by atoms with van der Waals surface area (Å²) in [5.41, 5.74) is 8.22. The Morgan fingerprint density at radius 3 is 1.63 bits per heavy atom. The summed E-state index contributed by atoms with van der Waals surface area (Å²) in [7, 11) is 0. The first-order valence-electron chi connectivity index (χ1n) is 14.5. The van der Waals surface area contributed by atoms with Crippen molar-refractivity contribution < 1.29 is 4.42 Å². The van der Waals surface area contributed by atoms with Gasteiger partial charge in [-0.1, -0.05) is 91.0 Å². The van der Waals surface area contributed by atoms with Gasteiger partial charge in [0.15, 0.2) is 0 Å². The summed E-state index contributed by atoms with van der Waals surface area (Å²) in [4.78, 5) is 9.30. The van der Waals surface area contributed by atoms with E-state index in [-0.39, 0.29) is 0 Å². The van der Waals surface area contributed by atoms with Gasteiger partial charge >= 0.3 is 0 Å². The number of benzene rings is 6. The van der Waals surface area contributed by atoms with Crippen molar-refractivity contribution in [2.75, 3.05) is 0 Å². The SMILES string of the molecule is c1ccc(-c2ccc(-c3c4ccccc4c(-c4ccc5oc6cc7ccccc7cc6c5c4)c4ccccc34)cn2)nc1. The summed E-state index contributed by atoms with van der Waals surface area (Å²) < 4.78 is 6.33. The fourth-order valence-corrected chi connectivity index (χ4v) is 6.58. The zero-order chi connectivity index (χ0) is 28.3. The van der Waals surface area contributed by atoms with Crippen molar-refractivity contribution in [1.29, 1.82) is 0 Å². The van der Waals surface area contributed by atoms with Gasteiger partial charge in [-0.15, -0.1) is 0 Å². The molecule has 0 saturated carbocycles. The van der Waals surface area contributed by atoms with Gasteiger partial charge in [-0.25, -0.2) is 0 Å². The molecule has 43 heavy (non-hydrogen) atoms. The minimum absolute atomic E-state index is 0.864. The molecular formula is C40H24N2O. The van der Waals surface area contributed by atoms with Gasteiger partial charge in [-0.2, -0.15) is 0 Å². The average molecular weight is 549 g/mol. The molecule has 0 fully saturated rings. The van der Waals surface area contributed by atoms with E-state index in [0.29, 0.717) is 0 Å². The summed E-state index contributed by atoms with van der Waals surface area (Å²) in [6.07, 6.45) is 3.78. The van der Waals surface area contributed by atoms with Crippen LogP contribution >= 0.6 is 0 Å². The normalized spacial score (nSPS) is 11.7. The molecule has 0 aliphatic carbocycles. The molecule has 0 atom stereocenters. The van der Waals surface area contributed by atoms with Crippen LogP contribution in [0.2, 0.25) is 0 Å². The van der Waals surface area contributed by atoms with Crippen LogP contribution in [0.1, 0.15) is 0 Å². The number of aromatic nitrogens is 2. The maximum atomic E-state index is 6.33. The van der Waals surface area contributed by atoms with Gasteiger partial charge in [0.1, 0.15) is 11.2 Å². The third kappa shape index (κ3) is 3.75. The van der Waals surface area contributed by atoms with E-state index in [1.807, 2.05) is 24.4 Å².